The minimum atomic E-state index is -3.24. The number of guanidine groups is 1. The SMILES string of the molecule is CCNC(=NCc1ccc(CS(=O)(=O)NC)cc1)NCCc1cccs1. The summed E-state index contributed by atoms with van der Waals surface area (Å²) in [5.41, 5.74) is 1.79. The first-order valence-electron chi connectivity index (χ1n) is 8.56. The van der Waals surface area contributed by atoms with Gasteiger partial charge >= 0.3 is 0 Å². The average molecular weight is 395 g/mol. The zero-order valence-corrected chi connectivity index (χ0v) is 16.8. The van der Waals surface area contributed by atoms with Crippen LogP contribution in [-0.4, -0.2) is 34.5 Å². The van der Waals surface area contributed by atoms with Crippen LogP contribution in [0.2, 0.25) is 0 Å². The van der Waals surface area contributed by atoms with E-state index in [4.69, 9.17) is 0 Å². The molecular formula is C18H26N4O2S2. The molecule has 0 saturated heterocycles. The Kier molecular flexibility index (Phi) is 8.08. The van der Waals surface area contributed by atoms with E-state index in [0.717, 1.165) is 36.6 Å². The highest BCUT2D eigenvalue weighted by atomic mass is 32.2. The van der Waals surface area contributed by atoms with E-state index in [9.17, 15) is 8.42 Å². The number of nitrogens with one attached hydrogen (secondary N) is 3. The molecule has 0 fully saturated rings. The Morgan fingerprint density at radius 2 is 1.85 bits per heavy atom. The molecule has 0 radical (unpaired) electrons. The minimum absolute atomic E-state index is 0.0139. The molecule has 142 valence electrons. The summed E-state index contributed by atoms with van der Waals surface area (Å²) in [4.78, 5) is 5.94. The predicted molar refractivity (Wildman–Crippen MR) is 109 cm³/mol. The molecule has 0 saturated carbocycles. The van der Waals surface area contributed by atoms with Crippen LogP contribution in [0, 0.1) is 0 Å². The summed E-state index contributed by atoms with van der Waals surface area (Å²) in [5.74, 6) is 0.769. The Morgan fingerprint density at radius 3 is 2.46 bits per heavy atom. The summed E-state index contributed by atoms with van der Waals surface area (Å²) in [6, 6.07) is 11.7. The molecule has 0 amide bonds. The van der Waals surface area contributed by atoms with Crippen molar-refractivity contribution >= 4 is 27.3 Å². The largest absolute Gasteiger partial charge is 0.357 e. The number of sulfonamides is 1. The van der Waals surface area contributed by atoms with Gasteiger partial charge in [0.1, 0.15) is 0 Å². The topological polar surface area (TPSA) is 82.6 Å². The number of benzene rings is 1. The summed E-state index contributed by atoms with van der Waals surface area (Å²) in [7, 11) is -1.82. The van der Waals surface area contributed by atoms with Crippen molar-refractivity contribution < 1.29 is 8.42 Å². The number of rotatable bonds is 9. The molecule has 2 rings (SSSR count). The van der Waals surface area contributed by atoms with Crippen LogP contribution in [-0.2, 0) is 28.7 Å². The van der Waals surface area contributed by atoms with E-state index >= 15 is 0 Å². The van der Waals surface area contributed by atoms with Crippen LogP contribution in [0.3, 0.4) is 0 Å². The Hall–Kier alpha value is -1.90. The van der Waals surface area contributed by atoms with E-state index in [1.807, 2.05) is 31.2 Å². The quantitative estimate of drug-likeness (QED) is 0.449. The molecule has 0 spiro atoms. The summed E-state index contributed by atoms with van der Waals surface area (Å²) in [6.07, 6.45) is 0.969. The van der Waals surface area contributed by atoms with Gasteiger partial charge in [0.25, 0.3) is 0 Å². The summed E-state index contributed by atoms with van der Waals surface area (Å²) < 4.78 is 25.5. The monoisotopic (exact) mass is 394 g/mol. The van der Waals surface area contributed by atoms with Gasteiger partial charge in [0.2, 0.25) is 10.0 Å². The molecule has 0 aliphatic carbocycles. The molecule has 0 aliphatic rings. The zero-order valence-electron chi connectivity index (χ0n) is 15.2. The van der Waals surface area contributed by atoms with Crippen molar-refractivity contribution in [3.8, 4) is 0 Å². The fourth-order valence-corrected chi connectivity index (χ4v) is 3.79. The maximum Gasteiger partial charge on any atom is 0.215 e. The van der Waals surface area contributed by atoms with Crippen molar-refractivity contribution in [1.82, 2.24) is 15.4 Å². The van der Waals surface area contributed by atoms with Gasteiger partial charge in [-0.3, -0.25) is 0 Å². The molecule has 8 heteroatoms. The summed E-state index contributed by atoms with van der Waals surface area (Å²) in [5, 5.41) is 8.66. The first kappa shape index (κ1) is 20.4. The van der Waals surface area contributed by atoms with Gasteiger partial charge < -0.3 is 10.6 Å². The molecule has 1 aromatic heterocycles. The van der Waals surface area contributed by atoms with Crippen LogP contribution < -0.4 is 15.4 Å². The third-order valence-corrected chi connectivity index (χ3v) is 5.97. The number of thiophene rings is 1. The average Bonchev–Trinajstić information content (AvgIpc) is 3.14. The highest BCUT2D eigenvalue weighted by Crippen LogP contribution is 2.09. The molecule has 26 heavy (non-hydrogen) atoms. The molecular weight excluding hydrogens is 368 g/mol. The van der Waals surface area contributed by atoms with Gasteiger partial charge in [0.05, 0.1) is 12.3 Å². The normalized spacial score (nSPS) is 12.2. The van der Waals surface area contributed by atoms with Crippen LogP contribution in [0.15, 0.2) is 46.8 Å². The highest BCUT2D eigenvalue weighted by molar-refractivity contribution is 7.88. The van der Waals surface area contributed by atoms with E-state index in [1.165, 1.54) is 11.9 Å². The van der Waals surface area contributed by atoms with Gasteiger partial charge in [-0.05, 0) is 43.0 Å². The molecule has 0 bridgehead atoms. The zero-order chi connectivity index (χ0) is 18.8. The lowest BCUT2D eigenvalue weighted by Crippen LogP contribution is -2.38. The molecule has 0 atom stereocenters. The molecule has 0 aliphatic heterocycles. The van der Waals surface area contributed by atoms with E-state index in [2.05, 4.69) is 37.9 Å². The van der Waals surface area contributed by atoms with Crippen molar-refractivity contribution in [2.75, 3.05) is 20.1 Å². The number of aliphatic imine (C=N–C) groups is 1. The minimum Gasteiger partial charge on any atom is -0.357 e. The predicted octanol–water partition coefficient (Wildman–Crippen LogP) is 2.10. The molecule has 6 nitrogen and oxygen atoms in total. The molecule has 2 aromatic rings. The van der Waals surface area contributed by atoms with E-state index in [1.54, 1.807) is 11.3 Å². The first-order valence-corrected chi connectivity index (χ1v) is 11.1. The first-order chi connectivity index (χ1) is 12.5. The Bertz CT molecular complexity index is 785. The second kappa shape index (κ2) is 10.3. The second-order valence-corrected chi connectivity index (χ2v) is 8.69. The van der Waals surface area contributed by atoms with Gasteiger partial charge in [-0.25, -0.2) is 18.1 Å². The van der Waals surface area contributed by atoms with Gasteiger partial charge in [0.15, 0.2) is 5.96 Å². The van der Waals surface area contributed by atoms with Crippen molar-refractivity contribution in [1.29, 1.82) is 0 Å². The Morgan fingerprint density at radius 1 is 1.12 bits per heavy atom. The molecule has 1 aromatic carbocycles. The maximum absolute atomic E-state index is 11.6. The van der Waals surface area contributed by atoms with E-state index in [-0.39, 0.29) is 5.75 Å². The Labute approximate surface area is 159 Å². The third kappa shape index (κ3) is 7.15. The van der Waals surface area contributed by atoms with Gasteiger partial charge in [-0.2, -0.15) is 0 Å². The van der Waals surface area contributed by atoms with Crippen LogP contribution >= 0.6 is 11.3 Å². The molecule has 3 N–H and O–H groups in total. The lowest BCUT2D eigenvalue weighted by Gasteiger charge is -2.11. The van der Waals surface area contributed by atoms with Crippen LogP contribution in [0.5, 0.6) is 0 Å². The smallest absolute Gasteiger partial charge is 0.215 e. The fraction of sp³-hybridized carbons (Fsp3) is 0.389. The second-order valence-electron chi connectivity index (χ2n) is 5.73. The van der Waals surface area contributed by atoms with Gasteiger partial charge in [-0.15, -0.1) is 11.3 Å². The number of hydrogen-bond acceptors (Lipinski definition) is 4. The van der Waals surface area contributed by atoms with Crippen molar-refractivity contribution in [2.45, 2.75) is 25.6 Å². The number of nitrogens with zero attached hydrogens (tertiary/aromatic N) is 1. The van der Waals surface area contributed by atoms with Crippen LogP contribution in [0.4, 0.5) is 0 Å². The third-order valence-electron chi connectivity index (χ3n) is 3.70. The summed E-state index contributed by atoms with van der Waals surface area (Å²) >= 11 is 1.76. The van der Waals surface area contributed by atoms with Crippen molar-refractivity contribution in [2.24, 2.45) is 4.99 Å². The summed E-state index contributed by atoms with van der Waals surface area (Å²) in [6.45, 7) is 4.19. The Balaban J connectivity index is 1.89. The van der Waals surface area contributed by atoms with E-state index in [0.29, 0.717) is 6.54 Å². The highest BCUT2D eigenvalue weighted by Gasteiger charge is 2.08. The van der Waals surface area contributed by atoms with Gasteiger partial charge in [0, 0.05) is 18.0 Å². The molecule has 0 unspecified atom stereocenters. The fourth-order valence-electron chi connectivity index (χ4n) is 2.30. The number of hydrogen-bond donors (Lipinski definition) is 3. The van der Waals surface area contributed by atoms with Crippen LogP contribution in [0.25, 0.3) is 0 Å². The van der Waals surface area contributed by atoms with Crippen LogP contribution in [0.1, 0.15) is 22.9 Å². The van der Waals surface area contributed by atoms with Gasteiger partial charge in [-0.1, -0.05) is 30.3 Å². The van der Waals surface area contributed by atoms with Crippen molar-refractivity contribution in [3.05, 3.63) is 57.8 Å². The van der Waals surface area contributed by atoms with Crippen molar-refractivity contribution in [3.63, 3.8) is 0 Å². The maximum atomic E-state index is 11.6. The molecule has 1 heterocycles. The lowest BCUT2D eigenvalue weighted by atomic mass is 10.1. The van der Waals surface area contributed by atoms with E-state index < -0.39 is 10.0 Å². The lowest BCUT2D eigenvalue weighted by molar-refractivity contribution is 0.587. The standard InChI is InChI=1S/C18H26N4O2S2/c1-3-20-18(21-11-10-17-5-4-12-25-17)22-13-15-6-8-16(9-7-15)14-26(23,24)19-2/h4-9,12,19H,3,10-11,13-14H2,1-2H3,(H2,20,21,22).